The molecule has 0 spiro atoms. The second kappa shape index (κ2) is 10.2. The van der Waals surface area contributed by atoms with E-state index in [0.717, 1.165) is 49.7 Å². The van der Waals surface area contributed by atoms with E-state index in [-0.39, 0.29) is 11.4 Å². The summed E-state index contributed by atoms with van der Waals surface area (Å²) >= 11 is 0. The predicted molar refractivity (Wildman–Crippen MR) is 134 cm³/mol. The number of rotatable bonds is 5. The summed E-state index contributed by atoms with van der Waals surface area (Å²) in [5.41, 5.74) is 2.53. The van der Waals surface area contributed by atoms with Crippen LogP contribution >= 0.6 is 0 Å². The van der Waals surface area contributed by atoms with Crippen LogP contribution in [0.1, 0.15) is 21.7 Å². The van der Waals surface area contributed by atoms with Crippen LogP contribution in [0.25, 0.3) is 16.9 Å². The van der Waals surface area contributed by atoms with Gasteiger partial charge in [0.2, 0.25) is 0 Å². The molecule has 10 nitrogen and oxygen atoms in total. The van der Waals surface area contributed by atoms with E-state index in [2.05, 4.69) is 47.4 Å². The molecule has 196 valence electrons. The summed E-state index contributed by atoms with van der Waals surface area (Å²) in [6.07, 6.45) is 3.05. The van der Waals surface area contributed by atoms with Crippen molar-refractivity contribution in [1.82, 2.24) is 34.8 Å². The standard InChI is InChI=1S/C25H24F3N9O/c1-16-23(11-19(13-31-16)32-24(38)21-10-18(3-4-30-21)25(26,27)28)37-15-22(33-34-37)17-9-20(14-29-12-17)36-7-5-35(2)6-8-36/h3-4,9-15H,5-8H2,1-2H3,(H,32,38). The molecule has 1 aliphatic heterocycles. The number of nitrogens with zero attached hydrogens (tertiary/aromatic N) is 8. The van der Waals surface area contributed by atoms with E-state index in [0.29, 0.717) is 23.1 Å². The van der Waals surface area contributed by atoms with Crippen molar-refractivity contribution in [2.45, 2.75) is 13.1 Å². The zero-order chi connectivity index (χ0) is 26.9. The first-order chi connectivity index (χ1) is 18.2. The quantitative estimate of drug-likeness (QED) is 0.424. The number of halogens is 3. The van der Waals surface area contributed by atoms with E-state index in [4.69, 9.17) is 0 Å². The second-order valence-corrected chi connectivity index (χ2v) is 8.98. The molecule has 4 aromatic heterocycles. The number of hydrogen-bond donors (Lipinski definition) is 1. The average Bonchev–Trinajstić information content (AvgIpc) is 3.40. The fourth-order valence-electron chi connectivity index (χ4n) is 4.07. The van der Waals surface area contributed by atoms with Crippen LogP contribution in [0.3, 0.4) is 0 Å². The number of carbonyl (C=O) groups excluding carboxylic acids is 1. The predicted octanol–water partition coefficient (Wildman–Crippen LogP) is 3.45. The summed E-state index contributed by atoms with van der Waals surface area (Å²) in [5.74, 6) is -0.793. The number of alkyl halides is 3. The van der Waals surface area contributed by atoms with Gasteiger partial charge in [0.05, 0.1) is 46.9 Å². The van der Waals surface area contributed by atoms with Gasteiger partial charge < -0.3 is 15.1 Å². The van der Waals surface area contributed by atoms with Gasteiger partial charge in [0, 0.05) is 44.1 Å². The molecule has 1 N–H and O–H groups in total. The molecule has 0 unspecified atom stereocenters. The van der Waals surface area contributed by atoms with Crippen LogP contribution in [-0.2, 0) is 6.18 Å². The van der Waals surface area contributed by atoms with Gasteiger partial charge in [-0.2, -0.15) is 13.2 Å². The van der Waals surface area contributed by atoms with Gasteiger partial charge in [-0.05, 0) is 38.2 Å². The Kier molecular flexibility index (Phi) is 6.76. The lowest BCUT2D eigenvalue weighted by Crippen LogP contribution is -2.44. The van der Waals surface area contributed by atoms with Crippen molar-refractivity contribution in [2.75, 3.05) is 43.4 Å². The number of pyridine rings is 3. The van der Waals surface area contributed by atoms with Gasteiger partial charge in [-0.25, -0.2) is 4.68 Å². The van der Waals surface area contributed by atoms with Crippen molar-refractivity contribution in [3.63, 3.8) is 0 Å². The van der Waals surface area contributed by atoms with Gasteiger partial charge in [-0.15, -0.1) is 5.10 Å². The summed E-state index contributed by atoms with van der Waals surface area (Å²) < 4.78 is 40.5. The van der Waals surface area contributed by atoms with Crippen molar-refractivity contribution >= 4 is 17.3 Å². The molecule has 5 rings (SSSR count). The van der Waals surface area contributed by atoms with Crippen molar-refractivity contribution < 1.29 is 18.0 Å². The van der Waals surface area contributed by atoms with Crippen LogP contribution in [0.15, 0.2) is 55.2 Å². The molecular formula is C25H24F3N9O. The summed E-state index contributed by atoms with van der Waals surface area (Å²) in [6.45, 7) is 5.54. The average molecular weight is 524 g/mol. The largest absolute Gasteiger partial charge is 0.416 e. The monoisotopic (exact) mass is 523 g/mol. The zero-order valence-corrected chi connectivity index (χ0v) is 20.6. The zero-order valence-electron chi connectivity index (χ0n) is 20.6. The fraction of sp³-hybridized carbons (Fsp3) is 0.280. The molecule has 0 radical (unpaired) electrons. The Hall–Kier alpha value is -4.39. The van der Waals surface area contributed by atoms with Crippen LogP contribution in [0.2, 0.25) is 0 Å². The first kappa shape index (κ1) is 25.3. The summed E-state index contributed by atoms with van der Waals surface area (Å²) in [7, 11) is 2.10. The summed E-state index contributed by atoms with van der Waals surface area (Å²) in [4.78, 5) is 29.6. The maximum atomic E-state index is 13.0. The normalized spacial score (nSPS) is 14.5. The minimum atomic E-state index is -4.58. The molecule has 1 fully saturated rings. The summed E-state index contributed by atoms with van der Waals surface area (Å²) in [5, 5.41) is 11.1. The van der Waals surface area contributed by atoms with E-state index in [9.17, 15) is 18.0 Å². The first-order valence-corrected chi connectivity index (χ1v) is 11.8. The molecule has 38 heavy (non-hydrogen) atoms. The highest BCUT2D eigenvalue weighted by atomic mass is 19.4. The molecule has 13 heteroatoms. The number of aromatic nitrogens is 6. The van der Waals surface area contributed by atoms with Crippen molar-refractivity contribution in [3.05, 3.63) is 72.2 Å². The number of nitrogens with one attached hydrogen (secondary N) is 1. The molecule has 5 heterocycles. The molecule has 0 bridgehead atoms. The van der Waals surface area contributed by atoms with Crippen LogP contribution in [0.4, 0.5) is 24.5 Å². The van der Waals surface area contributed by atoms with Crippen LogP contribution in [0.5, 0.6) is 0 Å². The van der Waals surface area contributed by atoms with Gasteiger partial charge in [-0.1, -0.05) is 5.21 Å². The molecular weight excluding hydrogens is 499 g/mol. The third kappa shape index (κ3) is 5.47. The van der Waals surface area contributed by atoms with Gasteiger partial charge in [0.15, 0.2) is 0 Å². The maximum Gasteiger partial charge on any atom is 0.416 e. The Morgan fingerprint density at radius 1 is 1.03 bits per heavy atom. The van der Waals surface area contributed by atoms with Gasteiger partial charge >= 0.3 is 6.18 Å². The summed E-state index contributed by atoms with van der Waals surface area (Å²) in [6, 6.07) is 5.15. The van der Waals surface area contributed by atoms with Crippen LogP contribution in [0, 0.1) is 6.92 Å². The highest BCUT2D eigenvalue weighted by Crippen LogP contribution is 2.29. The molecule has 0 aliphatic carbocycles. The molecule has 1 amide bonds. The Morgan fingerprint density at radius 2 is 1.82 bits per heavy atom. The van der Waals surface area contributed by atoms with Crippen LogP contribution < -0.4 is 10.2 Å². The lowest BCUT2D eigenvalue weighted by atomic mass is 10.2. The lowest BCUT2D eigenvalue weighted by molar-refractivity contribution is -0.137. The molecule has 0 atom stereocenters. The van der Waals surface area contributed by atoms with E-state index in [1.807, 2.05) is 12.3 Å². The Labute approximate surface area is 216 Å². The fourth-order valence-corrected chi connectivity index (χ4v) is 4.07. The lowest BCUT2D eigenvalue weighted by Gasteiger charge is -2.33. The number of anilines is 2. The van der Waals surface area contributed by atoms with Crippen molar-refractivity contribution in [3.8, 4) is 16.9 Å². The maximum absolute atomic E-state index is 13.0. The highest BCUT2D eigenvalue weighted by Gasteiger charge is 2.31. The Morgan fingerprint density at radius 3 is 2.58 bits per heavy atom. The molecule has 0 saturated carbocycles. The van der Waals surface area contributed by atoms with E-state index in [1.54, 1.807) is 25.4 Å². The molecule has 4 aromatic rings. The number of amides is 1. The number of piperazine rings is 1. The van der Waals surface area contributed by atoms with Gasteiger partial charge in [0.1, 0.15) is 11.4 Å². The number of carbonyl (C=O) groups is 1. The minimum Gasteiger partial charge on any atom is -0.368 e. The van der Waals surface area contributed by atoms with Gasteiger partial charge in [-0.3, -0.25) is 19.7 Å². The number of likely N-dealkylation sites (N-methyl/N-ethyl adjacent to an activating group) is 1. The smallest absolute Gasteiger partial charge is 0.368 e. The SMILES string of the molecule is Cc1ncc(NC(=O)c2cc(C(F)(F)F)ccn2)cc1-n1cc(-c2cncc(N3CCN(C)CC3)c2)nn1. The van der Waals surface area contributed by atoms with Crippen molar-refractivity contribution in [2.24, 2.45) is 0 Å². The highest BCUT2D eigenvalue weighted by molar-refractivity contribution is 6.03. The molecule has 1 aliphatic rings. The first-order valence-electron chi connectivity index (χ1n) is 11.8. The second-order valence-electron chi connectivity index (χ2n) is 8.98. The number of aryl methyl sites for hydroxylation is 1. The minimum absolute atomic E-state index is 0.269. The Bertz CT molecular complexity index is 1460. The molecule has 1 saturated heterocycles. The topological polar surface area (TPSA) is 105 Å². The van der Waals surface area contributed by atoms with Crippen LogP contribution in [-0.4, -0.2) is 74.0 Å². The Balaban J connectivity index is 1.36. The van der Waals surface area contributed by atoms with E-state index in [1.165, 1.54) is 10.9 Å². The third-order valence-electron chi connectivity index (χ3n) is 6.27. The van der Waals surface area contributed by atoms with E-state index >= 15 is 0 Å². The van der Waals surface area contributed by atoms with Gasteiger partial charge in [0.25, 0.3) is 5.91 Å². The third-order valence-corrected chi connectivity index (χ3v) is 6.27. The van der Waals surface area contributed by atoms with E-state index < -0.39 is 17.6 Å². The number of hydrogen-bond acceptors (Lipinski definition) is 8. The molecule has 0 aromatic carbocycles. The van der Waals surface area contributed by atoms with Crippen molar-refractivity contribution in [1.29, 1.82) is 0 Å².